The van der Waals surface area contributed by atoms with Crippen LogP contribution < -0.4 is 5.32 Å². The molecule has 1 fully saturated rings. The smallest absolute Gasteiger partial charge is 0.108 e. The maximum Gasteiger partial charge on any atom is 0.108 e. The van der Waals surface area contributed by atoms with Crippen molar-refractivity contribution in [2.45, 2.75) is 46.2 Å². The molecule has 3 rings (SSSR count). The second-order valence-electron chi connectivity index (χ2n) is 6.61. The second-order valence-corrected chi connectivity index (χ2v) is 7.73. The second kappa shape index (κ2) is 4.88. The standard InChI is InChI=1S/C16H22N2S/c1-11-8-16(2,3)9-13(11)17-10-15-18-12-6-4-5-7-14(12)19-15/h4-7,11,13,17H,8-10H2,1-3H3. The summed E-state index contributed by atoms with van der Waals surface area (Å²) in [6.45, 7) is 8.03. The summed E-state index contributed by atoms with van der Waals surface area (Å²) in [6.07, 6.45) is 2.60. The molecule has 1 saturated carbocycles. The van der Waals surface area contributed by atoms with Gasteiger partial charge >= 0.3 is 0 Å². The lowest BCUT2D eigenvalue weighted by molar-refractivity contribution is 0.362. The molecule has 0 saturated heterocycles. The first-order chi connectivity index (χ1) is 9.03. The molecule has 1 aromatic carbocycles. The van der Waals surface area contributed by atoms with E-state index in [0.29, 0.717) is 11.5 Å². The zero-order valence-corrected chi connectivity index (χ0v) is 12.8. The summed E-state index contributed by atoms with van der Waals surface area (Å²) in [6, 6.07) is 9.02. The molecule has 2 unspecified atom stereocenters. The summed E-state index contributed by atoms with van der Waals surface area (Å²) >= 11 is 1.81. The Hall–Kier alpha value is -0.930. The van der Waals surface area contributed by atoms with Crippen LogP contribution in [0.3, 0.4) is 0 Å². The number of aromatic nitrogens is 1. The van der Waals surface area contributed by atoms with Crippen molar-refractivity contribution in [3.63, 3.8) is 0 Å². The van der Waals surface area contributed by atoms with Gasteiger partial charge in [-0.1, -0.05) is 32.9 Å². The van der Waals surface area contributed by atoms with Crippen LogP contribution in [-0.4, -0.2) is 11.0 Å². The third-order valence-electron chi connectivity index (χ3n) is 4.19. The van der Waals surface area contributed by atoms with Crippen molar-refractivity contribution in [1.82, 2.24) is 10.3 Å². The Balaban J connectivity index is 1.66. The number of nitrogens with one attached hydrogen (secondary N) is 1. The first-order valence-corrected chi connectivity index (χ1v) is 7.93. The van der Waals surface area contributed by atoms with Gasteiger partial charge in [-0.15, -0.1) is 11.3 Å². The minimum atomic E-state index is 0.491. The molecule has 1 heterocycles. The molecule has 0 amide bonds. The van der Waals surface area contributed by atoms with E-state index < -0.39 is 0 Å². The maximum atomic E-state index is 4.69. The fourth-order valence-electron chi connectivity index (χ4n) is 3.38. The van der Waals surface area contributed by atoms with E-state index in [1.54, 1.807) is 0 Å². The molecule has 0 bridgehead atoms. The zero-order chi connectivity index (χ0) is 13.5. The lowest BCUT2D eigenvalue weighted by Gasteiger charge is -2.17. The number of benzene rings is 1. The topological polar surface area (TPSA) is 24.9 Å². The Bertz CT molecular complexity index is 540. The molecule has 2 nitrogen and oxygen atoms in total. The minimum absolute atomic E-state index is 0.491. The molecule has 102 valence electrons. The fraction of sp³-hybridized carbons (Fsp3) is 0.562. The number of nitrogens with zero attached hydrogens (tertiary/aromatic N) is 1. The van der Waals surface area contributed by atoms with Crippen LogP contribution in [0, 0.1) is 11.3 Å². The molecule has 0 radical (unpaired) electrons. The van der Waals surface area contributed by atoms with Crippen molar-refractivity contribution >= 4 is 21.6 Å². The number of rotatable bonds is 3. The van der Waals surface area contributed by atoms with Crippen LogP contribution in [0.4, 0.5) is 0 Å². The predicted molar refractivity (Wildman–Crippen MR) is 82.4 cm³/mol. The highest BCUT2D eigenvalue weighted by molar-refractivity contribution is 7.18. The van der Waals surface area contributed by atoms with E-state index in [1.165, 1.54) is 22.5 Å². The van der Waals surface area contributed by atoms with Gasteiger partial charge in [-0.25, -0.2) is 4.98 Å². The number of hydrogen-bond donors (Lipinski definition) is 1. The fourth-order valence-corrected chi connectivity index (χ4v) is 4.30. The Kier molecular flexibility index (Phi) is 3.35. The average molecular weight is 274 g/mol. The summed E-state index contributed by atoms with van der Waals surface area (Å²) in [5.41, 5.74) is 1.62. The summed E-state index contributed by atoms with van der Waals surface area (Å²) < 4.78 is 1.29. The van der Waals surface area contributed by atoms with Crippen LogP contribution in [0.25, 0.3) is 10.2 Å². The van der Waals surface area contributed by atoms with Gasteiger partial charge in [0, 0.05) is 12.6 Å². The van der Waals surface area contributed by atoms with Crippen molar-refractivity contribution < 1.29 is 0 Å². The monoisotopic (exact) mass is 274 g/mol. The van der Waals surface area contributed by atoms with Crippen LogP contribution in [0.15, 0.2) is 24.3 Å². The Morgan fingerprint density at radius 3 is 2.79 bits per heavy atom. The van der Waals surface area contributed by atoms with Crippen molar-refractivity contribution in [1.29, 1.82) is 0 Å². The van der Waals surface area contributed by atoms with Gasteiger partial charge < -0.3 is 5.32 Å². The number of fused-ring (bicyclic) bond motifs is 1. The molecule has 2 aromatic rings. The van der Waals surface area contributed by atoms with Gasteiger partial charge in [0.15, 0.2) is 0 Å². The molecule has 2 atom stereocenters. The van der Waals surface area contributed by atoms with Crippen molar-refractivity contribution in [3.8, 4) is 0 Å². The van der Waals surface area contributed by atoms with Gasteiger partial charge in [0.05, 0.1) is 10.2 Å². The number of hydrogen-bond acceptors (Lipinski definition) is 3. The Morgan fingerprint density at radius 1 is 1.32 bits per heavy atom. The van der Waals surface area contributed by atoms with E-state index in [-0.39, 0.29) is 0 Å². The van der Waals surface area contributed by atoms with Gasteiger partial charge in [-0.3, -0.25) is 0 Å². The molecular formula is C16H22N2S. The Morgan fingerprint density at radius 2 is 2.11 bits per heavy atom. The highest BCUT2D eigenvalue weighted by Crippen LogP contribution is 2.41. The third kappa shape index (κ3) is 2.82. The maximum absolute atomic E-state index is 4.69. The molecule has 1 aliphatic carbocycles. The summed E-state index contributed by atoms with van der Waals surface area (Å²) in [5, 5.41) is 4.92. The largest absolute Gasteiger partial charge is 0.307 e. The molecule has 1 N–H and O–H groups in total. The normalized spacial score (nSPS) is 26.1. The van der Waals surface area contributed by atoms with Crippen LogP contribution in [0.2, 0.25) is 0 Å². The molecule has 0 aliphatic heterocycles. The minimum Gasteiger partial charge on any atom is -0.307 e. The first kappa shape index (κ1) is 13.1. The van der Waals surface area contributed by atoms with Gasteiger partial charge in [0.1, 0.15) is 5.01 Å². The molecule has 1 aliphatic rings. The number of para-hydroxylation sites is 1. The van der Waals surface area contributed by atoms with Gasteiger partial charge in [0.25, 0.3) is 0 Å². The van der Waals surface area contributed by atoms with Crippen molar-refractivity contribution in [3.05, 3.63) is 29.3 Å². The van der Waals surface area contributed by atoms with Gasteiger partial charge in [-0.2, -0.15) is 0 Å². The predicted octanol–water partition coefficient (Wildman–Crippen LogP) is 4.21. The Labute approximate surface area is 119 Å². The van der Waals surface area contributed by atoms with Gasteiger partial charge in [0.2, 0.25) is 0 Å². The van der Waals surface area contributed by atoms with Gasteiger partial charge in [-0.05, 0) is 36.3 Å². The van der Waals surface area contributed by atoms with Crippen LogP contribution in [0.5, 0.6) is 0 Å². The zero-order valence-electron chi connectivity index (χ0n) is 11.9. The van der Waals surface area contributed by atoms with E-state index in [4.69, 9.17) is 4.98 Å². The summed E-state index contributed by atoms with van der Waals surface area (Å²) in [4.78, 5) is 4.69. The molecule has 3 heteroatoms. The molecular weight excluding hydrogens is 252 g/mol. The van der Waals surface area contributed by atoms with E-state index in [1.807, 2.05) is 11.3 Å². The van der Waals surface area contributed by atoms with E-state index >= 15 is 0 Å². The molecule has 0 spiro atoms. The van der Waals surface area contributed by atoms with Crippen LogP contribution in [-0.2, 0) is 6.54 Å². The molecule has 19 heavy (non-hydrogen) atoms. The third-order valence-corrected chi connectivity index (χ3v) is 5.22. The highest BCUT2D eigenvalue weighted by atomic mass is 32.1. The average Bonchev–Trinajstić information content (AvgIpc) is 2.86. The number of thiazole rings is 1. The SMILES string of the molecule is CC1CC(C)(C)CC1NCc1nc2ccccc2s1. The van der Waals surface area contributed by atoms with Crippen molar-refractivity contribution in [2.24, 2.45) is 11.3 Å². The highest BCUT2D eigenvalue weighted by Gasteiger charge is 2.36. The molecule has 1 aromatic heterocycles. The van der Waals surface area contributed by atoms with Crippen LogP contribution >= 0.6 is 11.3 Å². The first-order valence-electron chi connectivity index (χ1n) is 7.11. The van der Waals surface area contributed by atoms with E-state index in [2.05, 4.69) is 50.4 Å². The van der Waals surface area contributed by atoms with Crippen LogP contribution in [0.1, 0.15) is 38.6 Å². The summed E-state index contributed by atoms with van der Waals surface area (Å²) in [7, 11) is 0. The van der Waals surface area contributed by atoms with Crippen molar-refractivity contribution in [2.75, 3.05) is 0 Å². The van der Waals surface area contributed by atoms with E-state index in [9.17, 15) is 0 Å². The van der Waals surface area contributed by atoms with E-state index in [0.717, 1.165) is 18.0 Å². The lowest BCUT2D eigenvalue weighted by Crippen LogP contribution is -2.31. The lowest BCUT2D eigenvalue weighted by atomic mass is 9.91. The quantitative estimate of drug-likeness (QED) is 0.907. The summed E-state index contributed by atoms with van der Waals surface area (Å²) in [5.74, 6) is 0.768.